The van der Waals surface area contributed by atoms with E-state index in [1.807, 2.05) is 0 Å². The van der Waals surface area contributed by atoms with Gasteiger partial charge in [-0.1, -0.05) is 29.3 Å². The first kappa shape index (κ1) is 12.3. The molecular formula is C13H8Cl2FN3. The van der Waals surface area contributed by atoms with Crippen LogP contribution in [0.4, 0.5) is 10.2 Å². The number of benzene rings is 1. The third kappa shape index (κ3) is 1.93. The van der Waals surface area contributed by atoms with Crippen LogP contribution in [0.3, 0.4) is 0 Å². The maximum atomic E-state index is 13.9. The summed E-state index contributed by atoms with van der Waals surface area (Å²) in [5.41, 5.74) is 7.08. The predicted molar refractivity (Wildman–Crippen MR) is 75.0 cm³/mol. The molecule has 0 spiro atoms. The van der Waals surface area contributed by atoms with Crippen molar-refractivity contribution in [3.8, 4) is 11.3 Å². The second-order valence-electron chi connectivity index (χ2n) is 4.02. The molecule has 0 aliphatic rings. The van der Waals surface area contributed by atoms with Crippen molar-refractivity contribution in [3.63, 3.8) is 0 Å². The van der Waals surface area contributed by atoms with Gasteiger partial charge in [-0.15, -0.1) is 0 Å². The summed E-state index contributed by atoms with van der Waals surface area (Å²) in [6, 6.07) is 7.84. The Morgan fingerprint density at radius 1 is 1.16 bits per heavy atom. The van der Waals surface area contributed by atoms with E-state index >= 15 is 0 Å². The average Bonchev–Trinajstić information content (AvgIpc) is 2.67. The van der Waals surface area contributed by atoms with Crippen molar-refractivity contribution in [1.82, 2.24) is 9.38 Å². The van der Waals surface area contributed by atoms with Gasteiger partial charge in [0.25, 0.3) is 0 Å². The molecule has 3 rings (SSSR count). The summed E-state index contributed by atoms with van der Waals surface area (Å²) >= 11 is 11.9. The van der Waals surface area contributed by atoms with E-state index in [4.69, 9.17) is 28.9 Å². The molecule has 0 saturated heterocycles. The van der Waals surface area contributed by atoms with Crippen molar-refractivity contribution in [1.29, 1.82) is 0 Å². The Labute approximate surface area is 118 Å². The molecule has 96 valence electrons. The second-order valence-corrected chi connectivity index (χ2v) is 4.86. The molecule has 0 aliphatic heterocycles. The molecule has 0 fully saturated rings. The predicted octanol–water partition coefficient (Wildman–Crippen LogP) is 4.03. The van der Waals surface area contributed by atoms with E-state index in [9.17, 15) is 4.39 Å². The zero-order valence-electron chi connectivity index (χ0n) is 9.57. The Morgan fingerprint density at radius 2 is 1.95 bits per heavy atom. The Bertz CT molecular complexity index is 763. The molecule has 3 aromatic rings. The van der Waals surface area contributed by atoms with E-state index < -0.39 is 5.82 Å². The van der Waals surface area contributed by atoms with Crippen LogP contribution in [0.25, 0.3) is 16.9 Å². The number of nitrogens with zero attached hydrogens (tertiary/aromatic N) is 2. The standard InChI is InChI=1S/C13H8Cl2FN3/c14-7-4-5-10-18-12(13(17)19(10)6-7)11-8(15)2-1-3-9(11)16/h1-6H,17H2. The van der Waals surface area contributed by atoms with Crippen LogP contribution in [-0.4, -0.2) is 9.38 Å². The summed E-state index contributed by atoms with van der Waals surface area (Å²) in [5, 5.41) is 0.781. The molecular weight excluding hydrogens is 288 g/mol. The molecule has 19 heavy (non-hydrogen) atoms. The zero-order chi connectivity index (χ0) is 13.6. The third-order valence-electron chi connectivity index (χ3n) is 2.82. The lowest BCUT2D eigenvalue weighted by atomic mass is 10.1. The molecule has 6 heteroatoms. The van der Waals surface area contributed by atoms with Gasteiger partial charge in [0, 0.05) is 6.20 Å². The lowest BCUT2D eigenvalue weighted by Crippen LogP contribution is -1.95. The molecule has 0 bridgehead atoms. The summed E-state index contributed by atoms with van der Waals surface area (Å²) in [6.07, 6.45) is 1.62. The molecule has 2 heterocycles. The number of aromatic nitrogens is 2. The molecule has 2 N–H and O–H groups in total. The number of anilines is 1. The van der Waals surface area contributed by atoms with Crippen LogP contribution in [0.15, 0.2) is 36.5 Å². The number of fused-ring (bicyclic) bond motifs is 1. The number of nitrogen functional groups attached to an aromatic ring is 1. The van der Waals surface area contributed by atoms with Crippen LogP contribution >= 0.6 is 23.2 Å². The highest BCUT2D eigenvalue weighted by Gasteiger charge is 2.17. The second kappa shape index (κ2) is 4.40. The minimum absolute atomic E-state index is 0.196. The maximum Gasteiger partial charge on any atom is 0.139 e. The summed E-state index contributed by atoms with van der Waals surface area (Å²) in [7, 11) is 0. The van der Waals surface area contributed by atoms with E-state index in [0.717, 1.165) is 0 Å². The number of hydrogen-bond donors (Lipinski definition) is 1. The molecule has 0 saturated carbocycles. The smallest absolute Gasteiger partial charge is 0.139 e. The number of imidazole rings is 1. The van der Waals surface area contributed by atoms with E-state index in [-0.39, 0.29) is 10.6 Å². The summed E-state index contributed by atoms with van der Waals surface area (Å²) in [5.74, 6) is -0.168. The Hall–Kier alpha value is -1.78. The van der Waals surface area contributed by atoms with Crippen molar-refractivity contribution in [3.05, 3.63) is 52.4 Å². The van der Waals surface area contributed by atoms with Crippen LogP contribution in [0, 0.1) is 5.82 Å². The number of nitrogens with two attached hydrogens (primary N) is 1. The van der Waals surface area contributed by atoms with Gasteiger partial charge in [0.2, 0.25) is 0 Å². The highest BCUT2D eigenvalue weighted by atomic mass is 35.5. The van der Waals surface area contributed by atoms with Gasteiger partial charge >= 0.3 is 0 Å². The van der Waals surface area contributed by atoms with E-state index in [1.54, 1.807) is 28.8 Å². The molecule has 2 aromatic heterocycles. The Balaban J connectivity index is 2.35. The van der Waals surface area contributed by atoms with Gasteiger partial charge in [-0.3, -0.25) is 4.40 Å². The van der Waals surface area contributed by atoms with Gasteiger partial charge in [0.1, 0.15) is 23.0 Å². The molecule has 0 unspecified atom stereocenters. The monoisotopic (exact) mass is 295 g/mol. The molecule has 1 aromatic carbocycles. The normalized spacial score (nSPS) is 11.1. The first-order valence-corrected chi connectivity index (χ1v) is 6.21. The molecule has 0 amide bonds. The minimum atomic E-state index is -0.464. The van der Waals surface area contributed by atoms with Gasteiger partial charge in [0.15, 0.2) is 0 Å². The first-order chi connectivity index (χ1) is 9.08. The van der Waals surface area contributed by atoms with E-state index in [2.05, 4.69) is 4.98 Å². The van der Waals surface area contributed by atoms with Crippen molar-refractivity contribution in [2.24, 2.45) is 0 Å². The number of halogens is 3. The largest absolute Gasteiger partial charge is 0.383 e. The van der Waals surface area contributed by atoms with Crippen LogP contribution in [0.1, 0.15) is 0 Å². The minimum Gasteiger partial charge on any atom is -0.383 e. The fraction of sp³-hybridized carbons (Fsp3) is 0. The molecule has 3 nitrogen and oxygen atoms in total. The number of rotatable bonds is 1. The average molecular weight is 296 g/mol. The summed E-state index contributed by atoms with van der Waals surface area (Å²) < 4.78 is 15.5. The van der Waals surface area contributed by atoms with Crippen LogP contribution in [0.2, 0.25) is 10.0 Å². The van der Waals surface area contributed by atoms with E-state index in [1.165, 1.54) is 12.1 Å². The van der Waals surface area contributed by atoms with Crippen molar-refractivity contribution >= 4 is 34.7 Å². The van der Waals surface area contributed by atoms with Crippen LogP contribution in [0.5, 0.6) is 0 Å². The first-order valence-electron chi connectivity index (χ1n) is 5.45. The quantitative estimate of drug-likeness (QED) is 0.736. The molecule has 0 aliphatic carbocycles. The lowest BCUT2D eigenvalue weighted by Gasteiger charge is -2.03. The van der Waals surface area contributed by atoms with Gasteiger partial charge in [-0.05, 0) is 24.3 Å². The molecule has 0 radical (unpaired) electrons. The number of hydrogen-bond acceptors (Lipinski definition) is 2. The van der Waals surface area contributed by atoms with E-state index in [0.29, 0.717) is 22.2 Å². The van der Waals surface area contributed by atoms with Crippen molar-refractivity contribution in [2.75, 3.05) is 5.73 Å². The third-order valence-corrected chi connectivity index (χ3v) is 3.36. The van der Waals surface area contributed by atoms with Crippen LogP contribution in [-0.2, 0) is 0 Å². The summed E-state index contributed by atoms with van der Waals surface area (Å²) in [4.78, 5) is 4.30. The SMILES string of the molecule is Nc1c(-c2c(F)cccc2Cl)nc2ccc(Cl)cn12. The lowest BCUT2D eigenvalue weighted by molar-refractivity contribution is 0.631. The van der Waals surface area contributed by atoms with Gasteiger partial charge in [-0.2, -0.15) is 0 Å². The van der Waals surface area contributed by atoms with Gasteiger partial charge < -0.3 is 5.73 Å². The topological polar surface area (TPSA) is 43.3 Å². The molecule has 0 atom stereocenters. The number of pyridine rings is 1. The van der Waals surface area contributed by atoms with Crippen LogP contribution < -0.4 is 5.73 Å². The van der Waals surface area contributed by atoms with Gasteiger partial charge in [0.05, 0.1) is 15.6 Å². The highest BCUT2D eigenvalue weighted by Crippen LogP contribution is 2.34. The summed E-state index contributed by atoms with van der Waals surface area (Å²) in [6.45, 7) is 0. The van der Waals surface area contributed by atoms with Crippen molar-refractivity contribution < 1.29 is 4.39 Å². The Kier molecular flexibility index (Phi) is 2.84. The van der Waals surface area contributed by atoms with Gasteiger partial charge in [-0.25, -0.2) is 9.37 Å². The van der Waals surface area contributed by atoms with Crippen molar-refractivity contribution in [2.45, 2.75) is 0 Å². The zero-order valence-corrected chi connectivity index (χ0v) is 11.1. The Morgan fingerprint density at radius 3 is 2.68 bits per heavy atom. The highest BCUT2D eigenvalue weighted by molar-refractivity contribution is 6.33. The maximum absolute atomic E-state index is 13.9. The fourth-order valence-electron chi connectivity index (χ4n) is 1.94. The fourth-order valence-corrected chi connectivity index (χ4v) is 2.36.